The van der Waals surface area contributed by atoms with Crippen LogP contribution in [-0.4, -0.2) is 11.5 Å². The Morgan fingerprint density at radius 1 is 1.43 bits per heavy atom. The van der Waals surface area contributed by atoms with Crippen molar-refractivity contribution in [1.82, 2.24) is 4.98 Å². The van der Waals surface area contributed by atoms with Crippen LogP contribution >= 0.6 is 23.2 Å². The third-order valence-electron chi connectivity index (χ3n) is 1.43. The Hall–Kier alpha value is -1.22. The van der Waals surface area contributed by atoms with Crippen LogP contribution in [-0.2, 0) is 0 Å². The maximum absolute atomic E-state index is 8.03. The molecule has 1 rings (SSSR count). The molecule has 1 aromatic heterocycles. The van der Waals surface area contributed by atoms with Crippen LogP contribution < -0.4 is 0 Å². The van der Waals surface area contributed by atoms with Crippen molar-refractivity contribution in [2.45, 2.75) is 0 Å². The van der Waals surface area contributed by atoms with Gasteiger partial charge in [0.25, 0.3) is 0 Å². The molecule has 0 aliphatic heterocycles. The standard InChI is InChI=1S/C8H6Cl2N4/c9-7-4-12-5-8(10)6(7)2-1-3-13-14-11/h1-2,4-5H,3H2. The van der Waals surface area contributed by atoms with Gasteiger partial charge in [-0.1, -0.05) is 40.5 Å². The monoisotopic (exact) mass is 228 g/mol. The molecule has 0 spiro atoms. The minimum atomic E-state index is 0.269. The van der Waals surface area contributed by atoms with E-state index in [1.54, 1.807) is 12.2 Å². The van der Waals surface area contributed by atoms with E-state index in [1.165, 1.54) is 12.4 Å². The first-order chi connectivity index (χ1) is 6.75. The molecule has 0 saturated heterocycles. The highest BCUT2D eigenvalue weighted by molar-refractivity contribution is 6.36. The topological polar surface area (TPSA) is 61.7 Å². The van der Waals surface area contributed by atoms with Crippen molar-refractivity contribution in [2.75, 3.05) is 6.54 Å². The summed E-state index contributed by atoms with van der Waals surface area (Å²) in [5.41, 5.74) is 8.71. The average Bonchev–Trinajstić information content (AvgIpc) is 2.16. The fraction of sp³-hybridized carbons (Fsp3) is 0.125. The molecule has 0 aliphatic carbocycles. The summed E-state index contributed by atoms with van der Waals surface area (Å²) < 4.78 is 0. The Bertz CT molecular complexity index is 376. The highest BCUT2D eigenvalue weighted by atomic mass is 35.5. The molecule has 0 unspecified atom stereocenters. The fourth-order valence-electron chi connectivity index (χ4n) is 0.835. The predicted molar refractivity (Wildman–Crippen MR) is 57.3 cm³/mol. The molecular formula is C8H6Cl2N4. The molecule has 0 amide bonds. The molecule has 6 heteroatoms. The van der Waals surface area contributed by atoms with E-state index in [0.717, 1.165) is 0 Å². The molecule has 0 saturated carbocycles. The number of azide groups is 1. The minimum absolute atomic E-state index is 0.269. The Morgan fingerprint density at radius 3 is 2.64 bits per heavy atom. The van der Waals surface area contributed by atoms with Crippen LogP contribution in [0, 0.1) is 0 Å². The van der Waals surface area contributed by atoms with E-state index in [4.69, 9.17) is 28.7 Å². The van der Waals surface area contributed by atoms with Gasteiger partial charge in [0.15, 0.2) is 0 Å². The van der Waals surface area contributed by atoms with Crippen molar-refractivity contribution in [1.29, 1.82) is 0 Å². The van der Waals surface area contributed by atoms with E-state index in [1.807, 2.05) is 0 Å². The van der Waals surface area contributed by atoms with Gasteiger partial charge in [0.2, 0.25) is 0 Å². The lowest BCUT2D eigenvalue weighted by atomic mass is 10.2. The molecule has 0 bridgehead atoms. The zero-order valence-electron chi connectivity index (χ0n) is 7.06. The second-order valence-corrected chi connectivity index (χ2v) is 3.15. The molecule has 0 atom stereocenters. The lowest BCUT2D eigenvalue weighted by molar-refractivity contribution is 1.22. The zero-order valence-corrected chi connectivity index (χ0v) is 8.57. The second-order valence-electron chi connectivity index (χ2n) is 2.33. The summed E-state index contributed by atoms with van der Waals surface area (Å²) in [6, 6.07) is 0. The number of nitrogens with zero attached hydrogens (tertiary/aromatic N) is 4. The maximum atomic E-state index is 8.03. The largest absolute Gasteiger partial charge is 0.262 e. The van der Waals surface area contributed by atoms with Gasteiger partial charge in [-0.3, -0.25) is 4.98 Å². The minimum Gasteiger partial charge on any atom is -0.262 e. The number of rotatable bonds is 3. The number of hydrogen-bond donors (Lipinski definition) is 0. The van der Waals surface area contributed by atoms with Gasteiger partial charge in [-0.05, 0) is 5.53 Å². The first kappa shape index (κ1) is 10.9. The van der Waals surface area contributed by atoms with Gasteiger partial charge in [0.05, 0.1) is 10.0 Å². The van der Waals surface area contributed by atoms with Gasteiger partial charge >= 0.3 is 0 Å². The molecule has 14 heavy (non-hydrogen) atoms. The van der Waals surface area contributed by atoms with E-state index in [0.29, 0.717) is 15.6 Å². The lowest BCUT2D eigenvalue weighted by Gasteiger charge is -1.98. The van der Waals surface area contributed by atoms with Crippen molar-refractivity contribution in [3.05, 3.63) is 44.5 Å². The average molecular weight is 229 g/mol. The van der Waals surface area contributed by atoms with Crippen LogP contribution in [0.5, 0.6) is 0 Å². The summed E-state index contributed by atoms with van der Waals surface area (Å²) in [7, 11) is 0. The predicted octanol–water partition coefficient (Wildman–Crippen LogP) is 3.71. The quantitative estimate of drug-likeness (QED) is 0.442. The molecule has 1 aromatic rings. The van der Waals surface area contributed by atoms with Crippen LogP contribution in [0.3, 0.4) is 0 Å². The molecule has 0 N–H and O–H groups in total. The van der Waals surface area contributed by atoms with Crippen LogP contribution in [0.15, 0.2) is 23.6 Å². The molecule has 0 aromatic carbocycles. The van der Waals surface area contributed by atoms with Gasteiger partial charge in [-0.25, -0.2) is 0 Å². The molecular weight excluding hydrogens is 223 g/mol. The van der Waals surface area contributed by atoms with Gasteiger partial charge in [0, 0.05) is 29.4 Å². The molecule has 0 fully saturated rings. The highest BCUT2D eigenvalue weighted by Gasteiger charge is 2.00. The second kappa shape index (κ2) is 5.50. The molecule has 0 radical (unpaired) electrons. The SMILES string of the molecule is [N-]=[N+]=NCC=Cc1c(Cl)cncc1Cl. The summed E-state index contributed by atoms with van der Waals surface area (Å²) in [5.74, 6) is 0. The van der Waals surface area contributed by atoms with Crippen LogP contribution in [0.1, 0.15) is 5.56 Å². The van der Waals surface area contributed by atoms with E-state index in [9.17, 15) is 0 Å². The molecule has 72 valence electrons. The Labute approximate surface area is 90.8 Å². The van der Waals surface area contributed by atoms with Gasteiger partial charge in [-0.2, -0.15) is 0 Å². The van der Waals surface area contributed by atoms with E-state index < -0.39 is 0 Å². The number of aromatic nitrogens is 1. The van der Waals surface area contributed by atoms with Gasteiger partial charge < -0.3 is 0 Å². The summed E-state index contributed by atoms with van der Waals surface area (Å²) in [6.07, 6.45) is 6.37. The number of hydrogen-bond acceptors (Lipinski definition) is 2. The first-order valence-corrected chi connectivity index (χ1v) is 4.47. The van der Waals surface area contributed by atoms with Crippen molar-refractivity contribution in [3.63, 3.8) is 0 Å². The molecule has 4 nitrogen and oxygen atoms in total. The molecule has 0 aliphatic rings. The summed E-state index contributed by atoms with van der Waals surface area (Å²) >= 11 is 11.7. The maximum Gasteiger partial charge on any atom is 0.0676 e. The third kappa shape index (κ3) is 2.92. The van der Waals surface area contributed by atoms with E-state index >= 15 is 0 Å². The summed E-state index contributed by atoms with van der Waals surface area (Å²) in [4.78, 5) is 6.42. The first-order valence-electron chi connectivity index (χ1n) is 3.72. The van der Waals surface area contributed by atoms with Crippen molar-refractivity contribution in [3.8, 4) is 0 Å². The van der Waals surface area contributed by atoms with Crippen molar-refractivity contribution >= 4 is 29.3 Å². The number of halogens is 2. The van der Waals surface area contributed by atoms with Crippen molar-refractivity contribution in [2.24, 2.45) is 5.11 Å². The van der Waals surface area contributed by atoms with Crippen molar-refractivity contribution < 1.29 is 0 Å². The Balaban J connectivity index is 2.85. The van der Waals surface area contributed by atoms with Crippen LogP contribution in [0.2, 0.25) is 10.0 Å². The molecule has 1 heterocycles. The fourth-order valence-corrected chi connectivity index (χ4v) is 1.33. The Morgan fingerprint density at radius 2 is 2.07 bits per heavy atom. The van der Waals surface area contributed by atoms with Crippen LogP contribution in [0.25, 0.3) is 16.5 Å². The van der Waals surface area contributed by atoms with Gasteiger partial charge in [0.1, 0.15) is 0 Å². The normalized spacial score (nSPS) is 10.1. The zero-order chi connectivity index (χ0) is 10.4. The highest BCUT2D eigenvalue weighted by Crippen LogP contribution is 2.23. The van der Waals surface area contributed by atoms with Gasteiger partial charge in [-0.15, -0.1) is 0 Å². The lowest BCUT2D eigenvalue weighted by Crippen LogP contribution is -1.80. The summed E-state index contributed by atoms with van der Waals surface area (Å²) in [6.45, 7) is 0.269. The Kier molecular flexibility index (Phi) is 4.26. The van der Waals surface area contributed by atoms with E-state index in [-0.39, 0.29) is 6.54 Å². The smallest absolute Gasteiger partial charge is 0.0676 e. The van der Waals surface area contributed by atoms with Crippen LogP contribution in [0.4, 0.5) is 0 Å². The third-order valence-corrected chi connectivity index (χ3v) is 2.03. The number of pyridine rings is 1. The van der Waals surface area contributed by atoms with E-state index in [2.05, 4.69) is 15.0 Å². The summed E-state index contributed by atoms with van der Waals surface area (Å²) in [5, 5.41) is 4.27.